The van der Waals surface area contributed by atoms with E-state index in [2.05, 4.69) is 72.7 Å². The topological polar surface area (TPSA) is 84.6 Å². The van der Waals surface area contributed by atoms with Gasteiger partial charge in [0.2, 0.25) is 0 Å². The van der Waals surface area contributed by atoms with E-state index in [1.54, 1.807) is 45.5 Å². The molecule has 1 aromatic carbocycles. The third-order valence-electron chi connectivity index (χ3n) is 9.65. The van der Waals surface area contributed by atoms with Crippen molar-refractivity contribution in [3.05, 3.63) is 86.8 Å². The van der Waals surface area contributed by atoms with Crippen molar-refractivity contribution in [1.82, 2.24) is 14.1 Å². The van der Waals surface area contributed by atoms with Crippen LogP contribution in [-0.2, 0) is 20.1 Å². The van der Waals surface area contributed by atoms with Crippen LogP contribution in [0.5, 0.6) is 0 Å². The molecule has 8 nitrogen and oxygen atoms in total. The molecule has 3 aromatic rings. The molecule has 252 valence electrons. The summed E-state index contributed by atoms with van der Waals surface area (Å²) in [6, 6.07) is 13.8. The molecule has 0 N–H and O–H groups in total. The van der Waals surface area contributed by atoms with Gasteiger partial charge in [-0.15, -0.1) is 0 Å². The van der Waals surface area contributed by atoms with E-state index in [4.69, 9.17) is 13.6 Å². The molecular weight excluding hydrogens is 651 g/mol. The van der Waals surface area contributed by atoms with E-state index < -0.39 is 22.9 Å². The van der Waals surface area contributed by atoms with Crippen molar-refractivity contribution in [3.63, 3.8) is 0 Å². The van der Waals surface area contributed by atoms with Crippen LogP contribution in [0.15, 0.2) is 74.4 Å². The van der Waals surface area contributed by atoms with Gasteiger partial charge in [0.25, 0.3) is 5.56 Å². The van der Waals surface area contributed by atoms with Gasteiger partial charge in [0.05, 0.1) is 19.3 Å². The number of rotatable bonds is 11. The Morgan fingerprint density at radius 3 is 2.17 bits per heavy atom. The van der Waals surface area contributed by atoms with Crippen molar-refractivity contribution in [3.8, 4) is 0 Å². The van der Waals surface area contributed by atoms with E-state index in [1.165, 1.54) is 4.57 Å². The van der Waals surface area contributed by atoms with E-state index in [0.717, 1.165) is 15.5 Å². The minimum absolute atomic E-state index is 0.0156. The molecule has 2 aromatic heterocycles. The Balaban J connectivity index is 1.57. The molecule has 3 heterocycles. The lowest BCUT2D eigenvalue weighted by atomic mass is 10.2. The first kappa shape index (κ1) is 36.9. The van der Waals surface area contributed by atoms with Gasteiger partial charge in [-0.3, -0.25) is 13.9 Å². The van der Waals surface area contributed by atoms with Crippen LogP contribution >= 0.6 is 21.6 Å². The number of aromatic nitrogens is 3. The van der Waals surface area contributed by atoms with Crippen LogP contribution in [0.1, 0.15) is 65.3 Å². The van der Waals surface area contributed by atoms with Crippen LogP contribution < -0.4 is 11.2 Å². The van der Waals surface area contributed by atoms with Crippen LogP contribution in [0.25, 0.3) is 0 Å². The summed E-state index contributed by atoms with van der Waals surface area (Å²) in [7, 11) is -1.00. The molecule has 0 saturated carbocycles. The minimum Gasteiger partial charge on any atom is -0.414 e. The number of nitrogens with zero attached hydrogens (tertiary/aromatic N) is 3. The molecule has 0 bridgehead atoms. The highest BCUT2D eigenvalue weighted by Crippen LogP contribution is 2.42. The van der Waals surface area contributed by atoms with E-state index in [1.807, 2.05) is 42.5 Å². The maximum atomic E-state index is 13.9. The molecule has 0 unspecified atom stereocenters. The summed E-state index contributed by atoms with van der Waals surface area (Å²) in [6.45, 7) is 24.6. The zero-order chi connectivity index (χ0) is 34.1. The fourth-order valence-electron chi connectivity index (χ4n) is 4.63. The van der Waals surface area contributed by atoms with Gasteiger partial charge in [-0.1, -0.05) is 70.5 Å². The SMILES string of the molecule is Cc1cn([C@H]2C[C@H](O[Si](C)(C)C(C)(C)C)[C@@H](CO[Si](C)(C)C(C)(C)C)O2)c(=O)n(Cc2ccc(SSc3ccccn3)cc2)c1=O. The van der Waals surface area contributed by atoms with Gasteiger partial charge in [0.1, 0.15) is 17.4 Å². The van der Waals surface area contributed by atoms with Gasteiger partial charge in [-0.05, 0) is 83.8 Å². The quantitative estimate of drug-likeness (QED) is 0.146. The molecule has 0 spiro atoms. The Hall–Kier alpha value is -1.94. The van der Waals surface area contributed by atoms with Crippen LogP contribution in [0.4, 0.5) is 0 Å². The monoisotopic (exact) mass is 701 g/mol. The fourth-order valence-corrected chi connectivity index (χ4v) is 8.84. The number of hydrogen-bond donors (Lipinski definition) is 0. The van der Waals surface area contributed by atoms with Crippen molar-refractivity contribution in [1.29, 1.82) is 0 Å². The maximum absolute atomic E-state index is 13.9. The summed E-state index contributed by atoms with van der Waals surface area (Å²) >= 11 is 0. The smallest absolute Gasteiger partial charge is 0.333 e. The zero-order valence-electron chi connectivity index (χ0n) is 29.2. The van der Waals surface area contributed by atoms with Crippen molar-refractivity contribution in [2.24, 2.45) is 0 Å². The number of aryl methyl sites for hydroxylation is 1. The zero-order valence-corrected chi connectivity index (χ0v) is 32.9. The van der Waals surface area contributed by atoms with E-state index >= 15 is 0 Å². The third kappa shape index (κ3) is 8.74. The van der Waals surface area contributed by atoms with Crippen molar-refractivity contribution in [2.75, 3.05) is 6.61 Å². The summed E-state index contributed by atoms with van der Waals surface area (Å²) in [4.78, 5) is 32.6. The van der Waals surface area contributed by atoms with Crippen molar-refractivity contribution >= 4 is 38.2 Å². The van der Waals surface area contributed by atoms with Crippen LogP contribution in [0, 0.1) is 6.92 Å². The molecule has 1 aliphatic rings. The van der Waals surface area contributed by atoms with Gasteiger partial charge >= 0.3 is 5.69 Å². The summed E-state index contributed by atoms with van der Waals surface area (Å²) in [5.41, 5.74) is 0.678. The van der Waals surface area contributed by atoms with Crippen LogP contribution in [0.3, 0.4) is 0 Å². The Morgan fingerprint density at radius 2 is 1.59 bits per heavy atom. The Bertz CT molecular complexity index is 1600. The average Bonchev–Trinajstić information content (AvgIpc) is 3.36. The molecule has 1 saturated heterocycles. The molecule has 0 amide bonds. The second-order valence-corrected chi connectivity index (χ2v) is 27.0. The first-order valence-corrected chi connectivity index (χ1v) is 23.9. The van der Waals surface area contributed by atoms with E-state index in [-0.39, 0.29) is 40.1 Å². The van der Waals surface area contributed by atoms with Gasteiger partial charge in [0, 0.05) is 29.3 Å². The van der Waals surface area contributed by atoms with Gasteiger partial charge in [0.15, 0.2) is 16.6 Å². The van der Waals surface area contributed by atoms with Crippen molar-refractivity contribution in [2.45, 2.75) is 126 Å². The molecule has 0 aliphatic carbocycles. The predicted molar refractivity (Wildman–Crippen MR) is 195 cm³/mol. The number of hydrogen-bond acceptors (Lipinski definition) is 8. The second-order valence-electron chi connectivity index (χ2n) is 15.2. The first-order chi connectivity index (χ1) is 21.3. The Labute approximate surface area is 284 Å². The molecule has 4 rings (SSSR count). The molecule has 3 atom stereocenters. The van der Waals surface area contributed by atoms with Gasteiger partial charge in [-0.25, -0.2) is 9.78 Å². The largest absolute Gasteiger partial charge is 0.414 e. The Kier molecular flexibility index (Phi) is 11.4. The molecule has 12 heteroatoms. The molecule has 0 radical (unpaired) electrons. The lowest BCUT2D eigenvalue weighted by Crippen LogP contribution is -2.48. The van der Waals surface area contributed by atoms with Gasteiger partial charge < -0.3 is 13.6 Å². The van der Waals surface area contributed by atoms with Crippen molar-refractivity contribution < 1.29 is 13.6 Å². The summed E-state index contributed by atoms with van der Waals surface area (Å²) in [6.07, 6.45) is 2.81. The molecule has 46 heavy (non-hydrogen) atoms. The van der Waals surface area contributed by atoms with Crippen LogP contribution in [0.2, 0.25) is 36.3 Å². The molecule has 1 fully saturated rings. The predicted octanol–water partition coefficient (Wildman–Crippen LogP) is 8.26. The summed E-state index contributed by atoms with van der Waals surface area (Å²) in [5, 5.41) is 1.00. The fraction of sp³-hybridized carbons (Fsp3) is 0.559. The lowest BCUT2D eigenvalue weighted by molar-refractivity contribution is -0.0417. The third-order valence-corrected chi connectivity index (χ3v) is 21.0. The van der Waals surface area contributed by atoms with Crippen LogP contribution in [-0.4, -0.2) is 49.6 Å². The number of ether oxygens (including phenoxy) is 1. The lowest BCUT2D eigenvalue weighted by Gasteiger charge is -2.40. The van der Waals surface area contributed by atoms with Gasteiger partial charge in [-0.2, -0.15) is 0 Å². The summed E-state index contributed by atoms with van der Waals surface area (Å²) in [5.74, 6) is 0. The van der Waals surface area contributed by atoms with E-state index in [9.17, 15) is 9.59 Å². The average molecular weight is 702 g/mol. The molecular formula is C34H51N3O5S2Si2. The Morgan fingerprint density at radius 1 is 0.935 bits per heavy atom. The first-order valence-electron chi connectivity index (χ1n) is 15.9. The second kappa shape index (κ2) is 14.3. The molecule has 1 aliphatic heterocycles. The minimum atomic E-state index is -2.15. The maximum Gasteiger partial charge on any atom is 0.333 e. The highest BCUT2D eigenvalue weighted by atomic mass is 33.1. The number of benzene rings is 1. The standard InChI is InChI=1S/C34H51N3O5S2Si2/c1-24-21-36(30-20-27(42-46(10,11)34(5,6)7)28(41-30)23-40-45(8,9)33(2,3)4)32(39)37(31(24)38)22-25-15-17-26(18-16-25)43-44-29-14-12-13-19-35-29/h12-19,21,27-28,30H,20,22-23H2,1-11H3/t27-,28+,30+/m0/s1. The highest BCUT2D eigenvalue weighted by Gasteiger charge is 2.47. The van der Waals surface area contributed by atoms with E-state index in [0.29, 0.717) is 18.6 Å². The number of pyridine rings is 1. The normalized spacial score (nSPS) is 19.5. The highest BCUT2D eigenvalue weighted by molar-refractivity contribution is 8.76. The summed E-state index contributed by atoms with van der Waals surface area (Å²) < 4.78 is 23.0.